The molecule has 0 aliphatic carbocycles. The summed E-state index contributed by atoms with van der Waals surface area (Å²) < 4.78 is 0. The molecule has 1 amide bonds. The third-order valence-electron chi connectivity index (χ3n) is 9.72. The van der Waals surface area contributed by atoms with E-state index in [9.17, 15) is 15.0 Å². The van der Waals surface area contributed by atoms with Gasteiger partial charge in [0.25, 0.3) is 0 Å². The Hall–Kier alpha value is -1.13. The lowest BCUT2D eigenvalue weighted by Gasteiger charge is -2.22. The molecule has 0 radical (unpaired) electrons. The number of aliphatic hydroxyl groups is 2. The highest BCUT2D eigenvalue weighted by molar-refractivity contribution is 5.76. The van der Waals surface area contributed by atoms with E-state index in [1.54, 1.807) is 0 Å². The van der Waals surface area contributed by atoms with Crippen LogP contribution in [0, 0.1) is 0 Å². The second-order valence-corrected chi connectivity index (χ2v) is 14.4. The zero-order chi connectivity index (χ0) is 34.3. The number of hydrogen-bond acceptors (Lipinski definition) is 3. The van der Waals surface area contributed by atoms with Gasteiger partial charge in [-0.3, -0.25) is 4.79 Å². The molecule has 4 nitrogen and oxygen atoms in total. The van der Waals surface area contributed by atoms with E-state index in [4.69, 9.17) is 0 Å². The van der Waals surface area contributed by atoms with Gasteiger partial charge in [-0.15, -0.1) is 0 Å². The second kappa shape index (κ2) is 39.3. The molecule has 0 heterocycles. The van der Waals surface area contributed by atoms with Gasteiger partial charge in [-0.1, -0.05) is 199 Å². The first-order valence-corrected chi connectivity index (χ1v) is 21.0. The molecule has 0 fully saturated rings. The summed E-state index contributed by atoms with van der Waals surface area (Å²) in [6.07, 6.45) is 49.6. The number of carbonyl (C=O) groups is 1. The zero-order valence-corrected chi connectivity index (χ0v) is 31.8. The average Bonchev–Trinajstić information content (AvgIpc) is 3.07. The Balaban J connectivity index is 3.53. The molecular weight excluding hydrogens is 578 g/mol. The number of allylic oxidation sites excluding steroid dienone is 4. The number of nitrogens with one attached hydrogen (secondary N) is 1. The normalized spacial score (nSPS) is 13.2. The Labute approximate surface area is 294 Å². The van der Waals surface area contributed by atoms with Crippen molar-refractivity contribution in [1.82, 2.24) is 5.32 Å². The summed E-state index contributed by atoms with van der Waals surface area (Å²) in [5.74, 6) is -0.0384. The van der Waals surface area contributed by atoms with Crippen LogP contribution in [-0.4, -0.2) is 34.9 Å². The third kappa shape index (κ3) is 36.0. The van der Waals surface area contributed by atoms with E-state index >= 15 is 0 Å². The number of hydrogen-bond donors (Lipinski definition) is 3. The molecule has 0 rings (SSSR count). The molecule has 0 bridgehead atoms. The van der Waals surface area contributed by atoms with Crippen molar-refractivity contribution in [3.63, 3.8) is 0 Å². The second-order valence-electron chi connectivity index (χ2n) is 14.4. The lowest BCUT2D eigenvalue weighted by Crippen LogP contribution is -2.45. The van der Waals surface area contributed by atoms with Crippen LogP contribution in [0.25, 0.3) is 0 Å². The van der Waals surface area contributed by atoms with Gasteiger partial charge in [-0.25, -0.2) is 0 Å². The van der Waals surface area contributed by atoms with Crippen molar-refractivity contribution in [1.29, 1.82) is 0 Å². The topological polar surface area (TPSA) is 69.6 Å². The summed E-state index contributed by atoms with van der Waals surface area (Å²) in [4.78, 5) is 12.4. The molecule has 0 saturated heterocycles. The first-order valence-electron chi connectivity index (χ1n) is 21.0. The molecule has 0 aromatic heterocycles. The van der Waals surface area contributed by atoms with Crippen molar-refractivity contribution in [3.05, 3.63) is 24.3 Å². The minimum absolute atomic E-state index is 0.0384. The van der Waals surface area contributed by atoms with E-state index in [0.717, 1.165) is 32.1 Å². The fraction of sp³-hybridized carbons (Fsp3) is 0.884. The summed E-state index contributed by atoms with van der Waals surface area (Å²) in [6.45, 7) is 4.34. The molecular formula is C43H83NO3. The van der Waals surface area contributed by atoms with Gasteiger partial charge in [0.2, 0.25) is 5.91 Å². The predicted molar refractivity (Wildman–Crippen MR) is 207 cm³/mol. The van der Waals surface area contributed by atoms with Gasteiger partial charge < -0.3 is 15.5 Å². The minimum atomic E-state index is -0.660. The van der Waals surface area contributed by atoms with Gasteiger partial charge in [0.05, 0.1) is 18.8 Å². The van der Waals surface area contributed by atoms with Crippen LogP contribution >= 0.6 is 0 Å². The highest BCUT2D eigenvalue weighted by atomic mass is 16.3. The van der Waals surface area contributed by atoms with Gasteiger partial charge in [0, 0.05) is 6.42 Å². The Kier molecular flexibility index (Phi) is 38.4. The molecule has 3 N–H and O–H groups in total. The molecule has 0 aromatic rings. The molecule has 0 aliphatic rings. The number of unbranched alkanes of at least 4 members (excludes halogenated alkanes) is 27. The zero-order valence-electron chi connectivity index (χ0n) is 31.8. The first-order chi connectivity index (χ1) is 23.2. The highest BCUT2D eigenvalue weighted by Crippen LogP contribution is 2.16. The van der Waals surface area contributed by atoms with Crippen LogP contribution < -0.4 is 5.32 Å². The van der Waals surface area contributed by atoms with Crippen molar-refractivity contribution >= 4 is 5.91 Å². The van der Waals surface area contributed by atoms with Crippen molar-refractivity contribution in [3.8, 4) is 0 Å². The summed E-state index contributed by atoms with van der Waals surface area (Å²) in [6, 6.07) is -0.538. The van der Waals surface area contributed by atoms with Crippen LogP contribution in [0.3, 0.4) is 0 Å². The largest absolute Gasteiger partial charge is 0.394 e. The minimum Gasteiger partial charge on any atom is -0.394 e. The van der Waals surface area contributed by atoms with Gasteiger partial charge in [0.15, 0.2) is 0 Å². The number of amides is 1. The smallest absolute Gasteiger partial charge is 0.220 e. The van der Waals surface area contributed by atoms with E-state index in [0.29, 0.717) is 12.8 Å². The molecule has 0 aromatic carbocycles. The van der Waals surface area contributed by atoms with Crippen LogP contribution in [-0.2, 0) is 4.79 Å². The number of aliphatic hydroxyl groups excluding tert-OH is 2. The molecule has 4 heteroatoms. The number of rotatable bonds is 38. The molecule has 2 unspecified atom stereocenters. The summed E-state index contributed by atoms with van der Waals surface area (Å²) in [7, 11) is 0. The standard InChI is InChI=1S/C43H83NO3/c1-3-5-7-9-11-13-15-17-19-21-23-24-26-28-30-32-34-36-38-42(46)41(40-45)44-43(47)39-37-35-33-31-29-27-25-22-20-18-16-14-12-10-8-6-4-2/h12,14,18,20,41-42,45-46H,3-11,13,15-17,19,21-40H2,1-2H3,(H,44,47)/b14-12-,20-18-. The monoisotopic (exact) mass is 662 g/mol. The fourth-order valence-electron chi connectivity index (χ4n) is 6.45. The van der Waals surface area contributed by atoms with Crippen LogP contribution in [0.2, 0.25) is 0 Å². The van der Waals surface area contributed by atoms with Crippen molar-refractivity contribution in [2.45, 2.75) is 238 Å². The van der Waals surface area contributed by atoms with Crippen molar-refractivity contribution < 1.29 is 15.0 Å². The maximum atomic E-state index is 12.4. The first kappa shape index (κ1) is 45.9. The fourth-order valence-corrected chi connectivity index (χ4v) is 6.45. The predicted octanol–water partition coefficient (Wildman–Crippen LogP) is 12.8. The van der Waals surface area contributed by atoms with Crippen LogP contribution in [0.5, 0.6) is 0 Å². The molecule has 0 saturated carbocycles. The van der Waals surface area contributed by atoms with Gasteiger partial charge in [-0.2, -0.15) is 0 Å². The lowest BCUT2D eigenvalue weighted by molar-refractivity contribution is -0.123. The van der Waals surface area contributed by atoms with Crippen molar-refractivity contribution in [2.24, 2.45) is 0 Å². The van der Waals surface area contributed by atoms with Crippen LogP contribution in [0.4, 0.5) is 0 Å². The van der Waals surface area contributed by atoms with Crippen LogP contribution in [0.1, 0.15) is 226 Å². The van der Waals surface area contributed by atoms with E-state index in [-0.39, 0.29) is 12.5 Å². The Morgan fingerprint density at radius 3 is 1.32 bits per heavy atom. The summed E-state index contributed by atoms with van der Waals surface area (Å²) >= 11 is 0. The molecule has 47 heavy (non-hydrogen) atoms. The van der Waals surface area contributed by atoms with E-state index in [1.165, 1.54) is 167 Å². The lowest BCUT2D eigenvalue weighted by atomic mass is 10.0. The maximum absolute atomic E-state index is 12.4. The van der Waals surface area contributed by atoms with E-state index < -0.39 is 12.1 Å². The third-order valence-corrected chi connectivity index (χ3v) is 9.72. The van der Waals surface area contributed by atoms with E-state index in [2.05, 4.69) is 43.5 Å². The molecule has 278 valence electrons. The van der Waals surface area contributed by atoms with E-state index in [1.807, 2.05) is 0 Å². The summed E-state index contributed by atoms with van der Waals surface area (Å²) in [5, 5.41) is 23.1. The Morgan fingerprint density at radius 2 is 0.872 bits per heavy atom. The molecule has 2 atom stereocenters. The van der Waals surface area contributed by atoms with Crippen LogP contribution in [0.15, 0.2) is 24.3 Å². The SMILES string of the molecule is CCCCC/C=C\C/C=C\CCCCCCCCCC(=O)NC(CO)C(O)CCCCCCCCCCCCCCCCCCCC. The highest BCUT2D eigenvalue weighted by Gasteiger charge is 2.19. The Morgan fingerprint density at radius 1 is 0.511 bits per heavy atom. The average molecular weight is 662 g/mol. The van der Waals surface area contributed by atoms with Gasteiger partial charge in [0.1, 0.15) is 0 Å². The van der Waals surface area contributed by atoms with Gasteiger partial charge >= 0.3 is 0 Å². The molecule has 0 spiro atoms. The molecule has 0 aliphatic heterocycles. The Bertz CT molecular complexity index is 676. The van der Waals surface area contributed by atoms with Crippen molar-refractivity contribution in [2.75, 3.05) is 6.61 Å². The summed E-state index contributed by atoms with van der Waals surface area (Å²) in [5.41, 5.74) is 0. The maximum Gasteiger partial charge on any atom is 0.220 e. The van der Waals surface area contributed by atoms with Gasteiger partial charge in [-0.05, 0) is 44.9 Å². The quantitative estimate of drug-likeness (QED) is 0.0455. The number of carbonyl (C=O) groups excluding carboxylic acids is 1.